The SMILES string of the molecule is CC(C)(C)Nc1c[c]c(Cl)cc1-c1cc(Br)ccc1Cl. The van der Waals surface area contributed by atoms with Crippen LogP contribution in [0.5, 0.6) is 0 Å². The van der Waals surface area contributed by atoms with Gasteiger partial charge in [-0.1, -0.05) is 39.1 Å². The van der Waals surface area contributed by atoms with Crippen LogP contribution in [0.4, 0.5) is 5.69 Å². The highest BCUT2D eigenvalue weighted by Crippen LogP contribution is 2.37. The molecule has 0 aliphatic rings. The van der Waals surface area contributed by atoms with Crippen LogP contribution in [-0.2, 0) is 0 Å². The van der Waals surface area contributed by atoms with Gasteiger partial charge in [0.1, 0.15) is 0 Å². The first kappa shape index (κ1) is 15.7. The smallest absolute Gasteiger partial charge is 0.0492 e. The third-order valence-corrected chi connectivity index (χ3v) is 3.68. The van der Waals surface area contributed by atoms with Gasteiger partial charge in [-0.3, -0.25) is 0 Å². The van der Waals surface area contributed by atoms with E-state index >= 15 is 0 Å². The lowest BCUT2D eigenvalue weighted by Crippen LogP contribution is -2.26. The van der Waals surface area contributed by atoms with E-state index in [1.165, 1.54) is 0 Å². The quantitative estimate of drug-likeness (QED) is 0.640. The van der Waals surface area contributed by atoms with Crippen LogP contribution in [0.1, 0.15) is 20.8 Å². The van der Waals surface area contributed by atoms with E-state index in [9.17, 15) is 0 Å². The highest BCUT2D eigenvalue weighted by atomic mass is 79.9. The second-order valence-electron chi connectivity index (χ2n) is 5.61. The lowest BCUT2D eigenvalue weighted by molar-refractivity contribution is 0.634. The summed E-state index contributed by atoms with van der Waals surface area (Å²) in [7, 11) is 0. The first-order valence-electron chi connectivity index (χ1n) is 6.21. The maximum Gasteiger partial charge on any atom is 0.0492 e. The van der Waals surface area contributed by atoms with Gasteiger partial charge in [0.2, 0.25) is 0 Å². The molecule has 0 unspecified atom stereocenters. The van der Waals surface area contributed by atoms with E-state index in [-0.39, 0.29) is 5.54 Å². The monoisotopic (exact) mass is 370 g/mol. The standard InChI is InChI=1S/C16H15BrCl2N/c1-16(2,3)20-15-7-5-11(18)9-13(15)12-8-10(17)4-6-14(12)19/h4,6-9,20H,1-3H3. The van der Waals surface area contributed by atoms with Gasteiger partial charge in [-0.25, -0.2) is 0 Å². The fourth-order valence-electron chi connectivity index (χ4n) is 1.90. The highest BCUT2D eigenvalue weighted by molar-refractivity contribution is 9.10. The molecule has 2 aromatic rings. The van der Waals surface area contributed by atoms with Crippen molar-refractivity contribution in [3.05, 3.63) is 50.9 Å². The topological polar surface area (TPSA) is 12.0 Å². The van der Waals surface area contributed by atoms with Gasteiger partial charge < -0.3 is 5.32 Å². The molecule has 0 amide bonds. The van der Waals surface area contributed by atoms with Crippen molar-refractivity contribution >= 4 is 44.8 Å². The van der Waals surface area contributed by atoms with Crippen molar-refractivity contribution in [2.45, 2.75) is 26.3 Å². The molecule has 0 bridgehead atoms. The summed E-state index contributed by atoms with van der Waals surface area (Å²) in [5, 5.41) is 4.71. The maximum absolute atomic E-state index is 6.32. The van der Waals surface area contributed by atoms with Crippen LogP contribution in [0.2, 0.25) is 10.0 Å². The number of halogens is 3. The van der Waals surface area contributed by atoms with Gasteiger partial charge >= 0.3 is 0 Å². The van der Waals surface area contributed by atoms with Crippen LogP contribution in [-0.4, -0.2) is 5.54 Å². The molecule has 1 nitrogen and oxygen atoms in total. The van der Waals surface area contributed by atoms with E-state index in [4.69, 9.17) is 23.2 Å². The molecular weight excluding hydrogens is 357 g/mol. The van der Waals surface area contributed by atoms with Crippen LogP contribution in [0.25, 0.3) is 11.1 Å². The van der Waals surface area contributed by atoms with Gasteiger partial charge in [0.05, 0.1) is 0 Å². The predicted molar refractivity (Wildman–Crippen MR) is 91.8 cm³/mol. The van der Waals surface area contributed by atoms with Gasteiger partial charge in [-0.05, 0) is 51.1 Å². The molecule has 0 aliphatic carbocycles. The lowest BCUT2D eigenvalue weighted by Gasteiger charge is -2.24. The average molecular weight is 372 g/mol. The Bertz CT molecular complexity index is 633. The molecule has 105 valence electrons. The van der Waals surface area contributed by atoms with Crippen molar-refractivity contribution in [3.63, 3.8) is 0 Å². The molecule has 0 atom stereocenters. The van der Waals surface area contributed by atoms with Crippen LogP contribution in [0.15, 0.2) is 34.8 Å². The van der Waals surface area contributed by atoms with Crippen LogP contribution < -0.4 is 5.32 Å². The third-order valence-electron chi connectivity index (χ3n) is 2.64. The van der Waals surface area contributed by atoms with Crippen molar-refractivity contribution in [1.82, 2.24) is 0 Å². The summed E-state index contributed by atoms with van der Waals surface area (Å²) >= 11 is 15.9. The summed E-state index contributed by atoms with van der Waals surface area (Å²) in [5.74, 6) is 0. The molecule has 20 heavy (non-hydrogen) atoms. The fraction of sp³-hybridized carbons (Fsp3) is 0.250. The van der Waals surface area contributed by atoms with Gasteiger partial charge in [0.15, 0.2) is 0 Å². The number of hydrogen-bond acceptors (Lipinski definition) is 1. The minimum absolute atomic E-state index is 0.0606. The fourth-order valence-corrected chi connectivity index (χ4v) is 2.64. The molecule has 0 aromatic heterocycles. The highest BCUT2D eigenvalue weighted by Gasteiger charge is 2.15. The van der Waals surface area contributed by atoms with Crippen molar-refractivity contribution in [2.24, 2.45) is 0 Å². The van der Waals surface area contributed by atoms with Crippen molar-refractivity contribution in [2.75, 3.05) is 5.32 Å². The summed E-state index contributed by atoms with van der Waals surface area (Å²) < 4.78 is 0.975. The van der Waals surface area contributed by atoms with E-state index < -0.39 is 0 Å². The van der Waals surface area contributed by atoms with Gasteiger partial charge in [0.25, 0.3) is 0 Å². The minimum atomic E-state index is -0.0606. The molecule has 0 aliphatic heterocycles. The molecule has 0 heterocycles. The number of rotatable bonds is 2. The predicted octanol–water partition coefficient (Wildman–Crippen LogP) is 6.43. The molecule has 4 heteroatoms. The zero-order chi connectivity index (χ0) is 14.9. The van der Waals surface area contributed by atoms with Crippen LogP contribution >= 0.6 is 39.1 Å². The van der Waals surface area contributed by atoms with Crippen LogP contribution in [0.3, 0.4) is 0 Å². The second kappa shape index (κ2) is 5.97. The Morgan fingerprint density at radius 1 is 1.10 bits per heavy atom. The zero-order valence-electron chi connectivity index (χ0n) is 11.5. The Balaban J connectivity index is 2.60. The van der Waals surface area contributed by atoms with Gasteiger partial charge in [0, 0.05) is 42.9 Å². The normalized spacial score (nSPS) is 11.5. The first-order chi connectivity index (χ1) is 9.26. The van der Waals surface area contributed by atoms with E-state index in [2.05, 4.69) is 48.1 Å². The summed E-state index contributed by atoms with van der Waals surface area (Å²) in [4.78, 5) is 0. The molecule has 1 radical (unpaired) electrons. The Kier molecular flexibility index (Phi) is 4.68. The van der Waals surface area contributed by atoms with E-state index in [0.29, 0.717) is 10.0 Å². The molecule has 0 saturated carbocycles. The van der Waals surface area contributed by atoms with E-state index in [1.54, 1.807) is 0 Å². The molecule has 0 fully saturated rings. The molecule has 0 spiro atoms. The van der Waals surface area contributed by atoms with Crippen molar-refractivity contribution < 1.29 is 0 Å². The number of anilines is 1. The maximum atomic E-state index is 6.32. The molecule has 2 rings (SSSR count). The molecule has 1 N–H and O–H groups in total. The first-order valence-corrected chi connectivity index (χ1v) is 7.76. The average Bonchev–Trinajstić information content (AvgIpc) is 2.33. The largest absolute Gasteiger partial charge is 0.380 e. The number of nitrogens with one attached hydrogen (secondary N) is 1. The molecule has 0 saturated heterocycles. The number of benzene rings is 2. The second-order valence-corrected chi connectivity index (χ2v) is 7.34. The Hall–Kier alpha value is -0.700. The minimum Gasteiger partial charge on any atom is -0.380 e. The van der Waals surface area contributed by atoms with Gasteiger partial charge in [-0.2, -0.15) is 0 Å². The Labute approximate surface area is 138 Å². The van der Waals surface area contributed by atoms with Gasteiger partial charge in [-0.15, -0.1) is 0 Å². The summed E-state index contributed by atoms with van der Waals surface area (Å²) in [6.07, 6.45) is 0. The Morgan fingerprint density at radius 2 is 1.80 bits per heavy atom. The van der Waals surface area contributed by atoms with Crippen LogP contribution in [0, 0.1) is 6.07 Å². The Morgan fingerprint density at radius 3 is 2.45 bits per heavy atom. The van der Waals surface area contributed by atoms with E-state index in [1.807, 2.05) is 30.3 Å². The third kappa shape index (κ3) is 3.91. The summed E-state index contributed by atoms with van der Waals surface area (Å²) in [6, 6.07) is 12.5. The lowest BCUT2D eigenvalue weighted by atomic mass is 10.0. The summed E-state index contributed by atoms with van der Waals surface area (Å²) in [5.41, 5.74) is 2.80. The molecular formula is C16H15BrCl2N. The van der Waals surface area contributed by atoms with Crippen molar-refractivity contribution in [1.29, 1.82) is 0 Å². The zero-order valence-corrected chi connectivity index (χ0v) is 14.6. The number of hydrogen-bond donors (Lipinski definition) is 1. The van der Waals surface area contributed by atoms with E-state index in [0.717, 1.165) is 21.3 Å². The summed E-state index contributed by atoms with van der Waals surface area (Å²) in [6.45, 7) is 6.32. The molecule has 2 aromatic carbocycles. The van der Waals surface area contributed by atoms with Crippen molar-refractivity contribution in [3.8, 4) is 11.1 Å².